The van der Waals surface area contributed by atoms with E-state index < -0.39 is 5.82 Å². The topological polar surface area (TPSA) is 105 Å². The molecule has 0 spiro atoms. The second-order valence-electron chi connectivity index (χ2n) is 8.10. The van der Waals surface area contributed by atoms with Crippen LogP contribution in [0.4, 0.5) is 20.2 Å². The van der Waals surface area contributed by atoms with Gasteiger partial charge >= 0.3 is 0 Å². The van der Waals surface area contributed by atoms with E-state index in [1.807, 2.05) is 72.6 Å². The molecule has 35 heavy (non-hydrogen) atoms. The molecule has 0 aliphatic heterocycles. The first-order valence-electron chi connectivity index (χ1n) is 10.6. The zero-order valence-electron chi connectivity index (χ0n) is 20.2. The predicted molar refractivity (Wildman–Crippen MR) is 145 cm³/mol. The summed E-state index contributed by atoms with van der Waals surface area (Å²) in [5.74, 6) is 1.12. The Morgan fingerprint density at radius 2 is 1.51 bits per heavy atom. The van der Waals surface area contributed by atoms with Crippen molar-refractivity contribution in [2.24, 2.45) is 0 Å². The lowest BCUT2D eigenvalue weighted by atomic mass is 10.2. The molecule has 0 aliphatic carbocycles. The Morgan fingerprint density at radius 3 is 2.03 bits per heavy atom. The van der Waals surface area contributed by atoms with Gasteiger partial charge in [-0.1, -0.05) is 0 Å². The van der Waals surface area contributed by atoms with E-state index in [9.17, 15) is 8.78 Å². The zero-order chi connectivity index (χ0) is 26.0. The Hall–Kier alpha value is -3.03. The third-order valence-electron chi connectivity index (χ3n) is 4.42. The van der Waals surface area contributed by atoms with Crippen LogP contribution < -0.4 is 11.5 Å². The number of hydrogen-bond acceptors (Lipinski definition) is 6. The molecule has 0 bridgehead atoms. The normalized spacial score (nSPS) is 10.5. The smallest absolute Gasteiger partial charge is 0.148 e. The van der Waals surface area contributed by atoms with Crippen molar-refractivity contribution in [3.05, 3.63) is 88.0 Å². The molecular formula is C24H31F2IN8. The molecule has 0 radical (unpaired) electrons. The van der Waals surface area contributed by atoms with Crippen LogP contribution in [-0.2, 0) is 13.1 Å². The molecule has 2 aromatic carbocycles. The standard InChI is InChI=1S/C12H15FN4.C6H5FIN.C6H11N3/c1-16(2)8-12-15-5-6-17(12)9-3-4-11(14)10(13)7-9;7-5-3-4(8)1-2-6(5)9;1-9(2)5-6-7-3-4-8-6/h3-7H,8,14H2,1-2H3;1-3H,9H2;3-4H,5H2,1-2H3,(H,7,8). The molecule has 188 valence electrons. The number of nitrogen functional groups attached to an aromatic ring is 2. The lowest BCUT2D eigenvalue weighted by Crippen LogP contribution is -2.14. The quantitative estimate of drug-likeness (QED) is 0.237. The van der Waals surface area contributed by atoms with Crippen molar-refractivity contribution in [3.8, 4) is 5.69 Å². The number of H-pyrrole nitrogens is 1. The van der Waals surface area contributed by atoms with Crippen molar-refractivity contribution in [2.45, 2.75) is 13.1 Å². The maximum atomic E-state index is 13.4. The number of halogens is 3. The highest BCUT2D eigenvalue weighted by Gasteiger charge is 2.08. The molecule has 8 nitrogen and oxygen atoms in total. The number of anilines is 2. The molecule has 0 unspecified atom stereocenters. The fourth-order valence-corrected chi connectivity index (χ4v) is 3.27. The van der Waals surface area contributed by atoms with E-state index in [-0.39, 0.29) is 17.2 Å². The van der Waals surface area contributed by atoms with E-state index in [1.165, 1.54) is 12.1 Å². The average Bonchev–Trinajstić information content (AvgIpc) is 3.45. The fourth-order valence-electron chi connectivity index (χ4n) is 2.82. The molecule has 11 heteroatoms. The van der Waals surface area contributed by atoms with Crippen molar-refractivity contribution < 1.29 is 8.78 Å². The van der Waals surface area contributed by atoms with Gasteiger partial charge in [0.25, 0.3) is 0 Å². The number of nitrogens with two attached hydrogens (primary N) is 2. The number of nitrogens with one attached hydrogen (secondary N) is 1. The van der Waals surface area contributed by atoms with Crippen LogP contribution in [0.3, 0.4) is 0 Å². The summed E-state index contributed by atoms with van der Waals surface area (Å²) in [6.45, 7) is 1.58. The molecule has 4 rings (SSSR count). The molecule has 0 fully saturated rings. The molecule has 0 atom stereocenters. The maximum Gasteiger partial charge on any atom is 0.148 e. The van der Waals surface area contributed by atoms with Gasteiger partial charge in [-0.3, -0.25) is 0 Å². The van der Waals surface area contributed by atoms with Gasteiger partial charge in [-0.25, -0.2) is 18.7 Å². The van der Waals surface area contributed by atoms with Gasteiger partial charge in [0.15, 0.2) is 0 Å². The van der Waals surface area contributed by atoms with Crippen LogP contribution in [0.2, 0.25) is 0 Å². The van der Waals surface area contributed by atoms with Crippen LogP contribution in [0.5, 0.6) is 0 Å². The Morgan fingerprint density at radius 1 is 0.886 bits per heavy atom. The molecule has 0 saturated carbocycles. The molecule has 0 aliphatic rings. The number of rotatable bonds is 5. The second kappa shape index (κ2) is 13.8. The number of aromatic nitrogens is 4. The minimum absolute atomic E-state index is 0.156. The summed E-state index contributed by atoms with van der Waals surface area (Å²) in [7, 11) is 7.95. The highest BCUT2D eigenvalue weighted by atomic mass is 127. The number of aromatic amines is 1. The number of nitrogens with zero attached hydrogens (tertiary/aromatic N) is 5. The predicted octanol–water partition coefficient (Wildman–Crippen LogP) is 4.14. The summed E-state index contributed by atoms with van der Waals surface area (Å²) in [5.41, 5.74) is 11.8. The number of imidazole rings is 2. The highest BCUT2D eigenvalue weighted by Crippen LogP contribution is 2.17. The third kappa shape index (κ3) is 9.62. The lowest BCUT2D eigenvalue weighted by Gasteiger charge is -2.12. The summed E-state index contributed by atoms with van der Waals surface area (Å²) in [4.78, 5) is 15.4. The molecule has 4 aromatic rings. The van der Waals surface area contributed by atoms with Gasteiger partial charge < -0.3 is 30.8 Å². The first-order chi connectivity index (χ1) is 16.6. The van der Waals surface area contributed by atoms with Gasteiger partial charge in [-0.2, -0.15) is 0 Å². The summed E-state index contributed by atoms with van der Waals surface area (Å²) < 4.78 is 28.6. The van der Waals surface area contributed by atoms with Gasteiger partial charge in [-0.05, 0) is 81.1 Å². The van der Waals surface area contributed by atoms with Gasteiger partial charge in [0.05, 0.1) is 24.5 Å². The van der Waals surface area contributed by atoms with Crippen LogP contribution in [0, 0.1) is 15.2 Å². The first kappa shape index (κ1) is 28.2. The molecule has 5 N–H and O–H groups in total. The molecule has 0 saturated heterocycles. The van der Waals surface area contributed by atoms with Crippen molar-refractivity contribution in [1.82, 2.24) is 29.3 Å². The van der Waals surface area contributed by atoms with Crippen LogP contribution >= 0.6 is 22.6 Å². The number of benzene rings is 2. The van der Waals surface area contributed by atoms with Crippen molar-refractivity contribution in [3.63, 3.8) is 0 Å². The van der Waals surface area contributed by atoms with Crippen LogP contribution in [-0.4, -0.2) is 57.5 Å². The molecule has 0 amide bonds. The maximum absolute atomic E-state index is 13.4. The summed E-state index contributed by atoms with van der Waals surface area (Å²) in [6, 6.07) is 9.46. The molecule has 2 aromatic heterocycles. The summed E-state index contributed by atoms with van der Waals surface area (Å²) in [6.07, 6.45) is 7.11. The van der Waals surface area contributed by atoms with E-state index in [0.29, 0.717) is 6.54 Å². The minimum Gasteiger partial charge on any atom is -0.396 e. The first-order valence-corrected chi connectivity index (χ1v) is 11.7. The van der Waals surface area contributed by atoms with Gasteiger partial charge in [-0.15, -0.1) is 0 Å². The van der Waals surface area contributed by atoms with Crippen molar-refractivity contribution in [2.75, 3.05) is 39.7 Å². The zero-order valence-corrected chi connectivity index (χ0v) is 22.4. The fraction of sp³-hybridized carbons (Fsp3) is 0.250. The Balaban J connectivity index is 0.000000203. The Labute approximate surface area is 218 Å². The van der Waals surface area contributed by atoms with E-state index >= 15 is 0 Å². The van der Waals surface area contributed by atoms with Crippen molar-refractivity contribution in [1.29, 1.82) is 0 Å². The molecular weight excluding hydrogens is 565 g/mol. The van der Waals surface area contributed by atoms with Crippen LogP contribution in [0.1, 0.15) is 11.6 Å². The van der Waals surface area contributed by atoms with Gasteiger partial charge in [0.1, 0.15) is 23.3 Å². The van der Waals surface area contributed by atoms with E-state index in [4.69, 9.17) is 11.5 Å². The molecule has 2 heterocycles. The van der Waals surface area contributed by atoms with Crippen molar-refractivity contribution >= 4 is 34.0 Å². The Bertz CT molecular complexity index is 1180. The van der Waals surface area contributed by atoms with E-state index in [2.05, 4.69) is 19.9 Å². The largest absolute Gasteiger partial charge is 0.396 e. The monoisotopic (exact) mass is 596 g/mol. The van der Waals surface area contributed by atoms with Crippen LogP contribution in [0.15, 0.2) is 61.2 Å². The SMILES string of the molecule is CN(C)Cc1ncc[nH]1.CN(C)Cc1nccn1-c1ccc(N)c(F)c1.Nc1ccc(I)cc1F. The third-order valence-corrected chi connectivity index (χ3v) is 5.09. The number of hydrogen-bond donors (Lipinski definition) is 3. The van der Waals surface area contributed by atoms with Gasteiger partial charge in [0, 0.05) is 40.1 Å². The second-order valence-corrected chi connectivity index (χ2v) is 9.34. The lowest BCUT2D eigenvalue weighted by molar-refractivity contribution is 0.388. The van der Waals surface area contributed by atoms with Crippen LogP contribution in [0.25, 0.3) is 5.69 Å². The summed E-state index contributed by atoms with van der Waals surface area (Å²) in [5, 5.41) is 0. The van der Waals surface area contributed by atoms with E-state index in [0.717, 1.165) is 27.5 Å². The minimum atomic E-state index is -0.410. The van der Waals surface area contributed by atoms with Gasteiger partial charge in [0.2, 0.25) is 0 Å². The average molecular weight is 596 g/mol. The highest BCUT2D eigenvalue weighted by molar-refractivity contribution is 14.1. The Kier molecular flexibility index (Phi) is 11.1. The van der Waals surface area contributed by atoms with E-state index in [1.54, 1.807) is 36.7 Å². The summed E-state index contributed by atoms with van der Waals surface area (Å²) >= 11 is 2.03.